The molecule has 0 aliphatic heterocycles. The number of alkyl carbamates (subject to hydrolysis) is 1. The first kappa shape index (κ1) is 21.1. The molecule has 0 unspecified atom stereocenters. The number of hydrogen-bond acceptors (Lipinski definition) is 5. The number of amides is 2. The molecule has 28 heavy (non-hydrogen) atoms. The Morgan fingerprint density at radius 3 is 2.25 bits per heavy atom. The third kappa shape index (κ3) is 6.50. The summed E-state index contributed by atoms with van der Waals surface area (Å²) in [5.74, 6) is 0.666. The van der Waals surface area contributed by atoms with E-state index in [0.29, 0.717) is 11.3 Å². The molecule has 7 heteroatoms. The number of methoxy groups -OCH3 is 1. The Labute approximate surface area is 164 Å². The molecule has 2 rings (SSSR count). The SMILES string of the molecule is COc1ccc(-c2cc(OCCNC(=O)OC(C)(C)C)cc(C(N)=O)c2)cc1. The van der Waals surface area contributed by atoms with E-state index < -0.39 is 17.6 Å². The lowest BCUT2D eigenvalue weighted by Gasteiger charge is -2.19. The van der Waals surface area contributed by atoms with Crippen molar-refractivity contribution in [3.8, 4) is 22.6 Å². The van der Waals surface area contributed by atoms with E-state index in [9.17, 15) is 9.59 Å². The fourth-order valence-electron chi connectivity index (χ4n) is 2.41. The first-order chi connectivity index (χ1) is 13.2. The number of benzene rings is 2. The first-order valence-corrected chi connectivity index (χ1v) is 8.87. The van der Waals surface area contributed by atoms with Crippen LogP contribution in [-0.4, -0.2) is 37.9 Å². The Kier molecular flexibility index (Phi) is 6.87. The molecule has 2 amide bonds. The maximum Gasteiger partial charge on any atom is 0.407 e. The van der Waals surface area contributed by atoms with Gasteiger partial charge in [-0.1, -0.05) is 12.1 Å². The van der Waals surface area contributed by atoms with Crippen LogP contribution in [0, 0.1) is 0 Å². The minimum atomic E-state index is -0.561. The van der Waals surface area contributed by atoms with Gasteiger partial charge in [0.15, 0.2) is 0 Å². The molecular weight excluding hydrogens is 360 g/mol. The summed E-state index contributed by atoms with van der Waals surface area (Å²) in [7, 11) is 1.60. The average Bonchev–Trinajstić information content (AvgIpc) is 2.63. The van der Waals surface area contributed by atoms with Gasteiger partial charge in [-0.3, -0.25) is 4.79 Å². The van der Waals surface area contributed by atoms with E-state index in [1.165, 1.54) is 0 Å². The van der Waals surface area contributed by atoms with Gasteiger partial charge in [-0.15, -0.1) is 0 Å². The van der Waals surface area contributed by atoms with Crippen molar-refractivity contribution in [3.05, 3.63) is 48.0 Å². The molecule has 150 valence electrons. The third-order valence-electron chi connectivity index (χ3n) is 3.65. The van der Waals surface area contributed by atoms with Crippen molar-refractivity contribution in [2.45, 2.75) is 26.4 Å². The van der Waals surface area contributed by atoms with Gasteiger partial charge in [0.1, 0.15) is 23.7 Å². The zero-order chi connectivity index (χ0) is 20.7. The van der Waals surface area contributed by atoms with Crippen LogP contribution in [-0.2, 0) is 4.74 Å². The highest BCUT2D eigenvalue weighted by Gasteiger charge is 2.15. The second-order valence-corrected chi connectivity index (χ2v) is 7.12. The zero-order valence-electron chi connectivity index (χ0n) is 16.6. The van der Waals surface area contributed by atoms with Crippen LogP contribution in [0.25, 0.3) is 11.1 Å². The van der Waals surface area contributed by atoms with Crippen LogP contribution in [0.1, 0.15) is 31.1 Å². The van der Waals surface area contributed by atoms with Crippen LogP contribution in [0.3, 0.4) is 0 Å². The van der Waals surface area contributed by atoms with Crippen molar-refractivity contribution < 1.29 is 23.8 Å². The van der Waals surface area contributed by atoms with Gasteiger partial charge in [-0.25, -0.2) is 4.79 Å². The van der Waals surface area contributed by atoms with Crippen molar-refractivity contribution in [1.82, 2.24) is 5.32 Å². The molecule has 0 aliphatic carbocycles. The monoisotopic (exact) mass is 386 g/mol. The number of hydrogen-bond donors (Lipinski definition) is 2. The van der Waals surface area contributed by atoms with Crippen molar-refractivity contribution >= 4 is 12.0 Å². The highest BCUT2D eigenvalue weighted by Crippen LogP contribution is 2.27. The Balaban J connectivity index is 2.06. The zero-order valence-corrected chi connectivity index (χ0v) is 16.6. The van der Waals surface area contributed by atoms with Crippen LogP contribution in [0.4, 0.5) is 4.79 Å². The molecule has 2 aromatic rings. The van der Waals surface area contributed by atoms with Gasteiger partial charge in [0.05, 0.1) is 13.7 Å². The van der Waals surface area contributed by atoms with E-state index in [1.54, 1.807) is 40.0 Å². The van der Waals surface area contributed by atoms with Gasteiger partial charge in [-0.05, 0) is 62.2 Å². The van der Waals surface area contributed by atoms with Gasteiger partial charge in [0, 0.05) is 5.56 Å². The predicted molar refractivity (Wildman–Crippen MR) is 107 cm³/mol. The van der Waals surface area contributed by atoms with E-state index in [4.69, 9.17) is 19.9 Å². The molecular formula is C21H26N2O5. The minimum Gasteiger partial charge on any atom is -0.497 e. The molecule has 3 N–H and O–H groups in total. The Morgan fingerprint density at radius 2 is 1.68 bits per heavy atom. The minimum absolute atomic E-state index is 0.212. The standard InChI is InChI=1S/C21H26N2O5/c1-21(2,3)28-20(25)23-9-10-27-18-12-15(11-16(13-18)19(22)24)14-5-7-17(26-4)8-6-14/h5-8,11-13H,9-10H2,1-4H3,(H2,22,24)(H,23,25). The second kappa shape index (κ2) is 9.12. The maximum absolute atomic E-state index is 11.7. The van der Waals surface area contributed by atoms with E-state index >= 15 is 0 Å². The topological polar surface area (TPSA) is 99.9 Å². The van der Waals surface area contributed by atoms with Crippen LogP contribution >= 0.6 is 0 Å². The maximum atomic E-state index is 11.7. The van der Waals surface area contributed by atoms with E-state index in [0.717, 1.165) is 16.9 Å². The smallest absolute Gasteiger partial charge is 0.407 e. The molecule has 0 aromatic heterocycles. The Hall–Kier alpha value is -3.22. The van der Waals surface area contributed by atoms with Gasteiger partial charge in [-0.2, -0.15) is 0 Å². The Morgan fingerprint density at radius 1 is 1.00 bits per heavy atom. The van der Waals surface area contributed by atoms with Crippen molar-refractivity contribution in [1.29, 1.82) is 0 Å². The predicted octanol–water partition coefficient (Wildman–Crippen LogP) is 3.36. The van der Waals surface area contributed by atoms with E-state index in [2.05, 4.69) is 5.32 Å². The number of primary amides is 1. The van der Waals surface area contributed by atoms with E-state index in [-0.39, 0.29) is 13.2 Å². The number of carbonyl (C=O) groups is 2. The lowest BCUT2D eigenvalue weighted by Crippen LogP contribution is -2.34. The summed E-state index contributed by atoms with van der Waals surface area (Å²) >= 11 is 0. The fourth-order valence-corrected chi connectivity index (χ4v) is 2.41. The molecule has 0 atom stereocenters. The van der Waals surface area contributed by atoms with Gasteiger partial charge in [0.25, 0.3) is 0 Å². The number of nitrogens with one attached hydrogen (secondary N) is 1. The average molecular weight is 386 g/mol. The largest absolute Gasteiger partial charge is 0.497 e. The van der Waals surface area contributed by atoms with Crippen LogP contribution in [0.15, 0.2) is 42.5 Å². The quantitative estimate of drug-likeness (QED) is 0.711. The highest BCUT2D eigenvalue weighted by atomic mass is 16.6. The molecule has 2 aromatic carbocycles. The fraction of sp³-hybridized carbons (Fsp3) is 0.333. The summed E-state index contributed by atoms with van der Waals surface area (Å²) in [6.07, 6.45) is -0.513. The van der Waals surface area contributed by atoms with E-state index in [1.807, 2.05) is 30.3 Å². The van der Waals surface area contributed by atoms with Crippen LogP contribution in [0.5, 0.6) is 11.5 Å². The normalized spacial score (nSPS) is 10.9. The third-order valence-corrected chi connectivity index (χ3v) is 3.65. The van der Waals surface area contributed by atoms with Crippen molar-refractivity contribution in [2.24, 2.45) is 5.73 Å². The lowest BCUT2D eigenvalue weighted by molar-refractivity contribution is 0.0520. The van der Waals surface area contributed by atoms with Crippen molar-refractivity contribution in [2.75, 3.05) is 20.3 Å². The van der Waals surface area contributed by atoms with Gasteiger partial charge in [0.2, 0.25) is 5.91 Å². The number of rotatable bonds is 7. The van der Waals surface area contributed by atoms with Crippen molar-refractivity contribution in [3.63, 3.8) is 0 Å². The molecule has 0 saturated carbocycles. The van der Waals surface area contributed by atoms with Crippen LogP contribution < -0.4 is 20.5 Å². The molecule has 0 spiro atoms. The summed E-state index contributed by atoms with van der Waals surface area (Å²) in [6, 6.07) is 12.5. The first-order valence-electron chi connectivity index (χ1n) is 8.87. The lowest BCUT2D eigenvalue weighted by atomic mass is 10.0. The molecule has 0 fully saturated rings. The summed E-state index contributed by atoms with van der Waals surface area (Å²) in [5.41, 5.74) is 6.89. The van der Waals surface area contributed by atoms with Gasteiger partial charge >= 0.3 is 6.09 Å². The number of carbonyl (C=O) groups excluding carboxylic acids is 2. The summed E-state index contributed by atoms with van der Waals surface area (Å²) < 4.78 is 16.0. The van der Waals surface area contributed by atoms with Gasteiger partial charge < -0.3 is 25.3 Å². The summed E-state index contributed by atoms with van der Waals surface area (Å²) in [5, 5.41) is 2.61. The summed E-state index contributed by atoms with van der Waals surface area (Å²) in [6.45, 7) is 5.84. The number of nitrogens with two attached hydrogens (primary N) is 1. The molecule has 0 heterocycles. The van der Waals surface area contributed by atoms with Crippen LogP contribution in [0.2, 0.25) is 0 Å². The number of ether oxygens (including phenoxy) is 3. The molecule has 7 nitrogen and oxygen atoms in total. The Bertz CT molecular complexity index is 826. The highest BCUT2D eigenvalue weighted by molar-refractivity contribution is 5.94. The summed E-state index contributed by atoms with van der Waals surface area (Å²) in [4.78, 5) is 23.3. The molecule has 0 radical (unpaired) electrons. The molecule has 0 bridgehead atoms. The molecule has 0 aliphatic rings. The second-order valence-electron chi connectivity index (χ2n) is 7.12. The molecule has 0 saturated heterocycles.